The summed E-state index contributed by atoms with van der Waals surface area (Å²) in [5.41, 5.74) is -4.28. The molecule has 2 aliphatic heterocycles. The molecule has 1 saturated carbocycles. The molecule has 4 rings (SSSR count). The van der Waals surface area contributed by atoms with Crippen LogP contribution in [0.4, 0.5) is 0 Å². The number of benzene rings is 1. The SMILES string of the molecule is C=C1C(OC(C)=O)[C@H]2[C@@H](OC(C)=O)[C@@H](C)C[C@]2(OC(C)=O)[C@]2(O)O[C@@H](C(=O)[C@H]2C)C(C)(C)[C@H](OC(C)=O)[C@H](OC(=O)c2ccccc2)[C@@H]1OC(C)=O. The van der Waals surface area contributed by atoms with Crippen LogP contribution in [0.25, 0.3) is 0 Å². The van der Waals surface area contributed by atoms with Gasteiger partial charge in [0.15, 0.2) is 29.7 Å². The van der Waals surface area contributed by atoms with Crippen LogP contribution in [0.5, 0.6) is 0 Å². The molecular weight excluding hydrogens is 684 g/mol. The second-order valence-electron chi connectivity index (χ2n) is 14.3. The molecule has 3 fully saturated rings. The zero-order valence-electron chi connectivity index (χ0n) is 30.7. The molecule has 0 amide bonds. The lowest BCUT2D eigenvalue weighted by Crippen LogP contribution is -2.66. The molecule has 2 heterocycles. The van der Waals surface area contributed by atoms with E-state index in [0.29, 0.717) is 0 Å². The Kier molecular flexibility index (Phi) is 11.4. The minimum Gasteiger partial charge on any atom is -0.462 e. The van der Waals surface area contributed by atoms with Gasteiger partial charge in [-0.15, -0.1) is 0 Å². The highest BCUT2D eigenvalue weighted by Gasteiger charge is 2.77. The van der Waals surface area contributed by atoms with Crippen molar-refractivity contribution in [2.75, 3.05) is 0 Å². The first kappa shape index (κ1) is 40.1. The number of rotatable bonds is 7. The number of aliphatic hydroxyl groups is 1. The van der Waals surface area contributed by atoms with Gasteiger partial charge in [0.2, 0.25) is 5.79 Å². The molecule has 3 aliphatic rings. The maximum Gasteiger partial charge on any atom is 0.338 e. The smallest absolute Gasteiger partial charge is 0.338 e. The molecule has 0 radical (unpaired) electrons. The Hall–Kier alpha value is -4.63. The van der Waals surface area contributed by atoms with Gasteiger partial charge in [-0.1, -0.05) is 52.5 Å². The number of fused-ring (bicyclic) bond motifs is 4. The van der Waals surface area contributed by atoms with Crippen LogP contribution in [0.1, 0.15) is 79.1 Å². The first-order valence-corrected chi connectivity index (χ1v) is 16.9. The fraction of sp³-hybridized carbons (Fsp3) is 0.595. The Bertz CT molecular complexity index is 1630. The topological polar surface area (TPSA) is 204 Å². The predicted octanol–water partition coefficient (Wildman–Crippen LogP) is 2.79. The summed E-state index contributed by atoms with van der Waals surface area (Å²) in [4.78, 5) is 92.5. The van der Waals surface area contributed by atoms with Crippen LogP contribution in [-0.4, -0.2) is 94.7 Å². The van der Waals surface area contributed by atoms with Crippen molar-refractivity contribution >= 4 is 41.6 Å². The number of carbonyl (C=O) groups excluding carboxylic acids is 7. The molecule has 52 heavy (non-hydrogen) atoms. The van der Waals surface area contributed by atoms with Crippen molar-refractivity contribution in [3.63, 3.8) is 0 Å². The summed E-state index contributed by atoms with van der Waals surface area (Å²) in [6, 6.07) is 7.68. The number of hydrogen-bond donors (Lipinski definition) is 1. The normalized spacial score (nSPS) is 35.2. The number of Topliss-reactive ketones (excluding diaryl/α,β-unsaturated/α-hetero) is 1. The van der Waals surface area contributed by atoms with E-state index >= 15 is 0 Å². The van der Waals surface area contributed by atoms with Crippen molar-refractivity contribution < 1.29 is 71.8 Å². The molecule has 2 bridgehead atoms. The molecule has 2 saturated heterocycles. The monoisotopic (exact) mass is 730 g/mol. The summed E-state index contributed by atoms with van der Waals surface area (Å²) >= 11 is 0. The Balaban J connectivity index is 2.16. The quantitative estimate of drug-likeness (QED) is 0.243. The Morgan fingerprint density at radius 2 is 1.31 bits per heavy atom. The lowest BCUT2D eigenvalue weighted by Gasteiger charge is -2.49. The Labute approximate surface area is 301 Å². The summed E-state index contributed by atoms with van der Waals surface area (Å²) in [5, 5.41) is 12.8. The van der Waals surface area contributed by atoms with Crippen molar-refractivity contribution in [3.05, 3.63) is 48.0 Å². The van der Waals surface area contributed by atoms with Gasteiger partial charge in [0.1, 0.15) is 18.3 Å². The van der Waals surface area contributed by atoms with Crippen LogP contribution in [0.2, 0.25) is 0 Å². The van der Waals surface area contributed by atoms with E-state index in [1.54, 1.807) is 25.1 Å². The summed E-state index contributed by atoms with van der Waals surface area (Å²) in [5.74, 6) is -12.7. The lowest BCUT2D eigenvalue weighted by molar-refractivity contribution is -0.334. The lowest BCUT2D eigenvalue weighted by atomic mass is 9.68. The molecule has 15 heteroatoms. The number of esters is 6. The standard InChI is InChI=1S/C37H46O15/c1-17-16-36(51-24(8)42)26(28(17)46-20(4)38)29(47-21(5)39)18(2)30(48-22(6)40)31(50-34(44)25-14-12-11-13-15-25)33(49-23(7)41)35(9,10)32-27(43)19(3)37(36,45)52-32/h11-15,17,19,26,28-33,45H,2,16H2,1,3-10H3/t17-,19+,26+,28-,29?,30+,31+,32-,33+,36+,37+/m0/s1. The molecule has 1 N–H and O–H groups in total. The van der Waals surface area contributed by atoms with E-state index < -0.39 is 113 Å². The van der Waals surface area contributed by atoms with Crippen molar-refractivity contribution in [2.45, 2.75) is 117 Å². The molecule has 1 unspecified atom stereocenters. The largest absolute Gasteiger partial charge is 0.462 e. The highest BCUT2D eigenvalue weighted by Crippen LogP contribution is 2.60. The van der Waals surface area contributed by atoms with E-state index in [1.165, 1.54) is 32.9 Å². The van der Waals surface area contributed by atoms with Gasteiger partial charge < -0.3 is 38.3 Å². The highest BCUT2D eigenvalue weighted by molar-refractivity contribution is 5.90. The van der Waals surface area contributed by atoms with Gasteiger partial charge in [0.05, 0.1) is 17.4 Å². The van der Waals surface area contributed by atoms with Crippen LogP contribution >= 0.6 is 0 Å². The molecule has 0 spiro atoms. The maximum atomic E-state index is 14.4. The summed E-state index contributed by atoms with van der Waals surface area (Å²) in [6.45, 7) is 15.4. The third-order valence-electron chi connectivity index (χ3n) is 10.1. The maximum absolute atomic E-state index is 14.4. The van der Waals surface area contributed by atoms with Gasteiger partial charge in [0, 0.05) is 45.6 Å². The number of ether oxygens (including phenoxy) is 7. The van der Waals surface area contributed by atoms with Crippen molar-refractivity contribution in [1.29, 1.82) is 0 Å². The first-order valence-electron chi connectivity index (χ1n) is 16.9. The molecule has 284 valence electrons. The number of ketones is 1. The fourth-order valence-corrected chi connectivity index (χ4v) is 7.99. The van der Waals surface area contributed by atoms with Crippen molar-refractivity contribution in [1.82, 2.24) is 0 Å². The van der Waals surface area contributed by atoms with Crippen molar-refractivity contribution in [3.8, 4) is 0 Å². The summed E-state index contributed by atoms with van der Waals surface area (Å²) in [7, 11) is 0. The average molecular weight is 731 g/mol. The summed E-state index contributed by atoms with van der Waals surface area (Å²) < 4.78 is 41.7. The van der Waals surface area contributed by atoms with E-state index in [0.717, 1.165) is 34.6 Å². The zero-order chi connectivity index (χ0) is 39.1. The number of hydrogen-bond acceptors (Lipinski definition) is 15. The van der Waals surface area contributed by atoms with E-state index in [9.17, 15) is 38.7 Å². The highest BCUT2D eigenvalue weighted by atomic mass is 16.7. The minimum atomic E-state index is -2.71. The van der Waals surface area contributed by atoms with Crippen LogP contribution in [0, 0.1) is 23.2 Å². The van der Waals surface area contributed by atoms with Gasteiger partial charge in [0.25, 0.3) is 0 Å². The molecule has 1 aromatic rings. The van der Waals surface area contributed by atoms with E-state index in [1.807, 2.05) is 0 Å². The molecule has 1 aliphatic carbocycles. The third kappa shape index (κ3) is 7.20. The van der Waals surface area contributed by atoms with Gasteiger partial charge in [-0.3, -0.25) is 28.8 Å². The minimum absolute atomic E-state index is 0.0459. The Morgan fingerprint density at radius 1 is 0.769 bits per heavy atom. The molecule has 1 aromatic carbocycles. The summed E-state index contributed by atoms with van der Waals surface area (Å²) in [6.07, 6.45) is -10.4. The number of carbonyl (C=O) groups is 7. The van der Waals surface area contributed by atoms with Crippen LogP contribution in [-0.2, 0) is 61.9 Å². The third-order valence-corrected chi connectivity index (χ3v) is 10.1. The van der Waals surface area contributed by atoms with Gasteiger partial charge in [-0.05, 0) is 24.5 Å². The van der Waals surface area contributed by atoms with Crippen LogP contribution in [0.3, 0.4) is 0 Å². The fourth-order valence-electron chi connectivity index (χ4n) is 7.99. The van der Waals surface area contributed by atoms with Gasteiger partial charge in [-0.2, -0.15) is 0 Å². The van der Waals surface area contributed by atoms with E-state index in [-0.39, 0.29) is 17.6 Å². The van der Waals surface area contributed by atoms with Crippen molar-refractivity contribution in [2.24, 2.45) is 23.2 Å². The molecule has 0 aromatic heterocycles. The molecule has 15 nitrogen and oxygen atoms in total. The first-order chi connectivity index (χ1) is 24.1. The van der Waals surface area contributed by atoms with Crippen LogP contribution < -0.4 is 0 Å². The average Bonchev–Trinajstić information content (AvgIpc) is 3.45. The molecular formula is C37H46O15. The zero-order valence-corrected chi connectivity index (χ0v) is 30.7. The van der Waals surface area contributed by atoms with Crippen LogP contribution in [0.15, 0.2) is 42.5 Å². The molecule has 11 atom stereocenters. The Morgan fingerprint density at radius 3 is 1.83 bits per heavy atom. The second-order valence-corrected chi connectivity index (χ2v) is 14.3. The van der Waals surface area contributed by atoms with E-state index in [2.05, 4.69) is 6.58 Å². The predicted molar refractivity (Wildman–Crippen MR) is 177 cm³/mol. The van der Waals surface area contributed by atoms with Gasteiger partial charge in [-0.25, -0.2) is 4.79 Å². The van der Waals surface area contributed by atoms with Gasteiger partial charge >= 0.3 is 35.8 Å². The van der Waals surface area contributed by atoms with E-state index in [4.69, 9.17) is 33.2 Å². The second kappa shape index (κ2) is 14.8.